The molecule has 0 N–H and O–H groups in total. The number of aryl methyl sites for hydroxylation is 1. The summed E-state index contributed by atoms with van der Waals surface area (Å²) < 4.78 is 21.6. The summed E-state index contributed by atoms with van der Waals surface area (Å²) in [5, 5.41) is 0. The standard InChI is InChI=1S/C20H20O6/c1-23-16-8-6-12-13(10-15(16)22)14(21)7-5-11-9-17(24-2)19(25-3)20(26-4)18(11)12/h6,8-10H,5,7H2,1-4H3. The number of carbonyl (C=O) groups excluding carboxylic acids is 1. The highest BCUT2D eigenvalue weighted by Gasteiger charge is 2.28. The highest BCUT2D eigenvalue weighted by atomic mass is 16.5. The molecule has 0 aliphatic heterocycles. The van der Waals surface area contributed by atoms with Crippen molar-refractivity contribution in [2.75, 3.05) is 28.4 Å². The van der Waals surface area contributed by atoms with Crippen LogP contribution in [0.25, 0.3) is 11.1 Å². The number of hydrogen-bond donors (Lipinski definition) is 0. The number of fused-ring (bicyclic) bond motifs is 3. The first-order chi connectivity index (χ1) is 12.5. The zero-order valence-corrected chi connectivity index (χ0v) is 15.2. The number of carbonyl (C=O) groups is 1. The van der Waals surface area contributed by atoms with Crippen LogP contribution in [0.2, 0.25) is 0 Å². The predicted molar refractivity (Wildman–Crippen MR) is 97.0 cm³/mol. The Morgan fingerprint density at radius 1 is 0.731 bits per heavy atom. The van der Waals surface area contributed by atoms with Gasteiger partial charge in [-0.1, -0.05) is 0 Å². The fourth-order valence-corrected chi connectivity index (χ4v) is 3.31. The second-order valence-electron chi connectivity index (χ2n) is 5.84. The number of ketones is 1. The molecule has 0 fully saturated rings. The summed E-state index contributed by atoms with van der Waals surface area (Å²) in [6.07, 6.45) is 0.791. The van der Waals surface area contributed by atoms with E-state index in [2.05, 4.69) is 0 Å². The van der Waals surface area contributed by atoms with Crippen molar-refractivity contribution in [3.63, 3.8) is 0 Å². The molecule has 136 valence electrons. The second kappa shape index (κ2) is 7.07. The third kappa shape index (κ3) is 2.77. The van der Waals surface area contributed by atoms with E-state index in [1.807, 2.05) is 6.07 Å². The van der Waals surface area contributed by atoms with Crippen molar-refractivity contribution < 1.29 is 23.7 Å². The van der Waals surface area contributed by atoms with Gasteiger partial charge in [0, 0.05) is 23.6 Å². The Balaban J connectivity index is 2.45. The van der Waals surface area contributed by atoms with E-state index in [4.69, 9.17) is 18.9 Å². The molecule has 0 bridgehead atoms. The first-order valence-corrected chi connectivity index (χ1v) is 8.13. The van der Waals surface area contributed by atoms with Gasteiger partial charge >= 0.3 is 0 Å². The Morgan fingerprint density at radius 3 is 2.04 bits per heavy atom. The lowest BCUT2D eigenvalue weighted by Crippen LogP contribution is -2.05. The number of Topliss-reactive ketones (excluding diaryl/α,β-unsaturated/α-hetero) is 1. The molecule has 1 aliphatic carbocycles. The van der Waals surface area contributed by atoms with E-state index in [-0.39, 0.29) is 23.4 Å². The molecule has 0 unspecified atom stereocenters. The van der Waals surface area contributed by atoms with Crippen LogP contribution < -0.4 is 24.4 Å². The van der Waals surface area contributed by atoms with Gasteiger partial charge in [-0.15, -0.1) is 0 Å². The Kier molecular flexibility index (Phi) is 4.84. The van der Waals surface area contributed by atoms with Crippen molar-refractivity contribution in [1.82, 2.24) is 0 Å². The van der Waals surface area contributed by atoms with Gasteiger partial charge in [-0.3, -0.25) is 9.59 Å². The topological polar surface area (TPSA) is 71.1 Å². The highest BCUT2D eigenvalue weighted by Crippen LogP contribution is 2.48. The average Bonchev–Trinajstić information content (AvgIpc) is 2.89. The molecule has 1 aliphatic rings. The van der Waals surface area contributed by atoms with Crippen LogP contribution in [0.5, 0.6) is 23.0 Å². The summed E-state index contributed by atoms with van der Waals surface area (Å²) in [5.41, 5.74) is 2.24. The summed E-state index contributed by atoms with van der Waals surface area (Å²) in [7, 11) is 6.03. The quantitative estimate of drug-likeness (QED) is 0.839. The predicted octanol–water partition coefficient (Wildman–Crippen LogP) is 2.88. The zero-order chi connectivity index (χ0) is 18.8. The maximum absolute atomic E-state index is 12.7. The van der Waals surface area contributed by atoms with Crippen molar-refractivity contribution >= 4 is 5.78 Å². The number of hydrogen-bond acceptors (Lipinski definition) is 6. The number of rotatable bonds is 4. The minimum Gasteiger partial charge on any atom is -0.493 e. The molecule has 0 amide bonds. The van der Waals surface area contributed by atoms with Crippen LogP contribution in [0.1, 0.15) is 22.3 Å². The first kappa shape index (κ1) is 17.8. The van der Waals surface area contributed by atoms with E-state index in [9.17, 15) is 9.59 Å². The minimum atomic E-state index is -0.343. The third-order valence-corrected chi connectivity index (χ3v) is 4.53. The van der Waals surface area contributed by atoms with Crippen molar-refractivity contribution in [2.24, 2.45) is 0 Å². The molecule has 0 atom stereocenters. The van der Waals surface area contributed by atoms with Crippen LogP contribution in [0, 0.1) is 0 Å². The lowest BCUT2D eigenvalue weighted by Gasteiger charge is -2.19. The maximum Gasteiger partial charge on any atom is 0.221 e. The fraction of sp³-hybridized carbons (Fsp3) is 0.300. The Morgan fingerprint density at radius 2 is 1.42 bits per heavy atom. The smallest absolute Gasteiger partial charge is 0.221 e. The molecule has 2 aromatic rings. The van der Waals surface area contributed by atoms with E-state index in [0.717, 1.165) is 11.1 Å². The van der Waals surface area contributed by atoms with E-state index < -0.39 is 0 Å². The van der Waals surface area contributed by atoms with Crippen molar-refractivity contribution in [3.05, 3.63) is 45.6 Å². The summed E-state index contributed by atoms with van der Waals surface area (Å²) in [4.78, 5) is 25.0. The van der Waals surface area contributed by atoms with Crippen LogP contribution >= 0.6 is 0 Å². The van der Waals surface area contributed by atoms with Crippen LogP contribution in [-0.2, 0) is 6.42 Å². The van der Waals surface area contributed by atoms with Gasteiger partial charge in [-0.2, -0.15) is 0 Å². The molecular weight excluding hydrogens is 336 g/mol. The minimum absolute atomic E-state index is 0.105. The SMILES string of the molecule is COc1cc2c(c(OC)c1OC)-c1ccc(OC)c(=O)cc1C(=O)CC2. The third-order valence-electron chi connectivity index (χ3n) is 4.53. The van der Waals surface area contributed by atoms with E-state index >= 15 is 0 Å². The second-order valence-corrected chi connectivity index (χ2v) is 5.84. The van der Waals surface area contributed by atoms with E-state index in [0.29, 0.717) is 34.8 Å². The van der Waals surface area contributed by atoms with Gasteiger partial charge in [0.1, 0.15) is 0 Å². The summed E-state index contributed by atoms with van der Waals surface area (Å²) in [5.74, 6) is 1.50. The molecule has 3 rings (SSSR count). The summed E-state index contributed by atoms with van der Waals surface area (Å²) in [6.45, 7) is 0. The maximum atomic E-state index is 12.7. The number of benzene rings is 1. The van der Waals surface area contributed by atoms with Gasteiger partial charge in [0.05, 0.1) is 28.4 Å². The van der Waals surface area contributed by atoms with Crippen LogP contribution in [0.3, 0.4) is 0 Å². The first-order valence-electron chi connectivity index (χ1n) is 8.13. The molecule has 0 radical (unpaired) electrons. The van der Waals surface area contributed by atoms with Gasteiger partial charge in [-0.25, -0.2) is 0 Å². The number of ether oxygens (including phenoxy) is 4. The average molecular weight is 356 g/mol. The van der Waals surface area contributed by atoms with Gasteiger partial charge in [0.15, 0.2) is 23.0 Å². The lowest BCUT2D eigenvalue weighted by molar-refractivity contribution is 0.0984. The van der Waals surface area contributed by atoms with Crippen molar-refractivity contribution in [2.45, 2.75) is 12.8 Å². The van der Waals surface area contributed by atoms with Crippen molar-refractivity contribution in [1.29, 1.82) is 0 Å². The summed E-state index contributed by atoms with van der Waals surface area (Å²) >= 11 is 0. The van der Waals surface area contributed by atoms with E-state index in [1.165, 1.54) is 27.4 Å². The van der Waals surface area contributed by atoms with Gasteiger partial charge in [0.2, 0.25) is 11.2 Å². The lowest BCUT2D eigenvalue weighted by atomic mass is 9.96. The van der Waals surface area contributed by atoms with Gasteiger partial charge in [0.25, 0.3) is 0 Å². The molecular formula is C20H20O6. The zero-order valence-electron chi connectivity index (χ0n) is 15.2. The largest absolute Gasteiger partial charge is 0.493 e. The summed E-state index contributed by atoms with van der Waals surface area (Å²) in [6, 6.07) is 6.47. The molecule has 0 heterocycles. The number of methoxy groups -OCH3 is 4. The molecule has 0 spiro atoms. The van der Waals surface area contributed by atoms with Gasteiger partial charge in [-0.05, 0) is 35.7 Å². The normalized spacial score (nSPS) is 12.5. The monoisotopic (exact) mass is 356 g/mol. The molecule has 2 aromatic carbocycles. The Bertz CT molecular complexity index is 932. The molecule has 26 heavy (non-hydrogen) atoms. The van der Waals surface area contributed by atoms with Crippen molar-refractivity contribution in [3.8, 4) is 34.1 Å². The molecule has 0 aromatic heterocycles. The van der Waals surface area contributed by atoms with Crippen LogP contribution in [-0.4, -0.2) is 34.2 Å². The highest BCUT2D eigenvalue weighted by molar-refractivity contribution is 6.05. The fourth-order valence-electron chi connectivity index (χ4n) is 3.31. The molecule has 0 saturated heterocycles. The molecule has 6 heteroatoms. The van der Waals surface area contributed by atoms with E-state index in [1.54, 1.807) is 19.2 Å². The molecule has 0 saturated carbocycles. The molecule has 6 nitrogen and oxygen atoms in total. The Hall–Kier alpha value is -3.02. The van der Waals surface area contributed by atoms with Crippen LogP contribution in [0.15, 0.2) is 29.1 Å². The van der Waals surface area contributed by atoms with Gasteiger partial charge < -0.3 is 18.9 Å². The van der Waals surface area contributed by atoms with Crippen LogP contribution in [0.4, 0.5) is 0 Å². The Labute approximate surface area is 151 Å².